The predicted octanol–water partition coefficient (Wildman–Crippen LogP) is 6.36. The van der Waals surface area contributed by atoms with Crippen molar-refractivity contribution in [3.05, 3.63) is 48.1 Å². The van der Waals surface area contributed by atoms with Gasteiger partial charge in [-0.1, -0.05) is 65.0 Å². The fourth-order valence-corrected chi connectivity index (χ4v) is 10.8. The first-order valence-corrected chi connectivity index (χ1v) is 27.9. The van der Waals surface area contributed by atoms with Crippen molar-refractivity contribution in [3.63, 3.8) is 0 Å². The normalized spacial score (nSPS) is 27.3. The molecule has 20 heteroatoms. The van der Waals surface area contributed by atoms with Crippen molar-refractivity contribution in [2.45, 2.75) is 187 Å². The number of rotatable bonds is 28. The highest BCUT2D eigenvalue weighted by Gasteiger charge is 2.53. The Morgan fingerprint density at radius 3 is 2.21 bits per heavy atom. The maximum Gasteiger partial charge on any atom is 0.422 e. The first kappa shape index (κ1) is 65.1. The molecule has 0 bridgehead atoms. The molecular weight excluding hydrogens is 991 g/mol. The van der Waals surface area contributed by atoms with E-state index in [1.54, 1.807) is 47.0 Å². The third kappa shape index (κ3) is 18.2. The summed E-state index contributed by atoms with van der Waals surface area (Å²) in [6.07, 6.45) is 6.08. The second-order valence-corrected chi connectivity index (χ2v) is 23.2. The molecule has 0 aromatic rings. The summed E-state index contributed by atoms with van der Waals surface area (Å²) in [6.45, 7) is 18.0. The number of allylic oxidation sites excluding steroid dienone is 5. The van der Waals surface area contributed by atoms with Gasteiger partial charge >= 0.3 is 22.3 Å². The summed E-state index contributed by atoms with van der Waals surface area (Å²) in [4.78, 5) is 84.6. The van der Waals surface area contributed by atoms with Crippen LogP contribution in [0.5, 0.6) is 0 Å². The number of likely N-dealkylation sites (tertiary alicyclic amines) is 1. The van der Waals surface area contributed by atoms with Crippen molar-refractivity contribution in [2.75, 3.05) is 42.0 Å². The van der Waals surface area contributed by atoms with Gasteiger partial charge in [0.15, 0.2) is 5.78 Å². The maximum absolute atomic E-state index is 14.6. The summed E-state index contributed by atoms with van der Waals surface area (Å²) in [5, 5.41) is 23.3. The van der Waals surface area contributed by atoms with E-state index in [2.05, 4.69) is 6.58 Å². The zero-order chi connectivity index (χ0) is 56.5. The van der Waals surface area contributed by atoms with Crippen LogP contribution in [0.1, 0.15) is 132 Å². The monoisotopic (exact) mass is 1080 g/mol. The fraction of sp³-hybridized carbons (Fsp3) is 0.745. The Labute approximate surface area is 446 Å². The molecule has 2 saturated heterocycles. The van der Waals surface area contributed by atoms with E-state index in [0.717, 1.165) is 14.8 Å². The summed E-state index contributed by atoms with van der Waals surface area (Å²) in [5.74, 6) is -8.74. The van der Waals surface area contributed by atoms with E-state index in [9.17, 15) is 47.4 Å². The van der Waals surface area contributed by atoms with Gasteiger partial charge in [0.1, 0.15) is 36.2 Å². The number of piperidine rings is 1. The van der Waals surface area contributed by atoms with Crippen LogP contribution in [0, 0.1) is 35.5 Å². The number of carbonyl (C=O) groups is 6. The molecule has 2 heterocycles. The predicted molar refractivity (Wildman–Crippen MR) is 282 cm³/mol. The molecule has 3 aliphatic rings. The van der Waals surface area contributed by atoms with Gasteiger partial charge in [0.25, 0.3) is 11.7 Å². The largest absolute Gasteiger partial charge is 0.460 e. The van der Waals surface area contributed by atoms with Gasteiger partial charge in [0, 0.05) is 72.6 Å². The van der Waals surface area contributed by atoms with E-state index in [4.69, 9.17) is 28.4 Å². The Morgan fingerprint density at radius 2 is 1.61 bits per heavy atom. The average molecular weight is 1080 g/mol. The van der Waals surface area contributed by atoms with E-state index >= 15 is 0 Å². The molecule has 3 fully saturated rings. The summed E-state index contributed by atoms with van der Waals surface area (Å²) < 4.78 is 62.1. The van der Waals surface area contributed by atoms with Crippen LogP contribution >= 0.6 is 0 Å². The molecule has 426 valence electrons. The Morgan fingerprint density at radius 1 is 0.933 bits per heavy atom. The lowest BCUT2D eigenvalue weighted by Gasteiger charge is -2.42. The zero-order valence-corrected chi connectivity index (χ0v) is 47.6. The smallest absolute Gasteiger partial charge is 0.422 e. The third-order valence-electron chi connectivity index (χ3n) is 15.3. The fourth-order valence-electron chi connectivity index (χ4n) is 10.3. The SMILES string of the molecule is C=C[C@@H](C)C[C@@H](C)C(=O)[C@H](OC)[C@H](O)/C(C)=C/[C@@H](C)C(=O)C[C@H](OC(=O)[C@@H]1CCCCN1C(=O)C(=O)[C@]1(O)O[C@H](C[C@H](OC)/C(C)=C/C=C/C)CC[C@H]1C)[C@H](C)C[C@@H]1CC[C@@H](OC(=O)NS(=O)(=O)N(C)C)[C@H](OC)C1. The molecule has 0 radical (unpaired) electrons. The van der Waals surface area contributed by atoms with Crippen molar-refractivity contribution in [1.82, 2.24) is 13.9 Å². The van der Waals surface area contributed by atoms with Crippen LogP contribution in [0.3, 0.4) is 0 Å². The summed E-state index contributed by atoms with van der Waals surface area (Å²) in [6, 6.07) is -1.22. The number of hydrogen-bond donors (Lipinski definition) is 3. The zero-order valence-electron chi connectivity index (χ0n) is 46.8. The van der Waals surface area contributed by atoms with Crippen molar-refractivity contribution < 1.29 is 75.8 Å². The topological polar surface area (TPSA) is 251 Å². The van der Waals surface area contributed by atoms with Crippen LogP contribution in [-0.2, 0) is 62.6 Å². The molecule has 0 unspecified atom stereocenters. The molecule has 15 atom stereocenters. The summed E-state index contributed by atoms with van der Waals surface area (Å²) in [7, 11) is 2.78. The molecule has 2 aliphatic heterocycles. The number of ketones is 3. The first-order valence-electron chi connectivity index (χ1n) is 26.5. The number of nitrogens with zero attached hydrogens (tertiary/aromatic N) is 2. The number of aliphatic hydroxyl groups excluding tert-OH is 1. The lowest BCUT2D eigenvalue weighted by molar-refractivity contribution is -0.265. The third-order valence-corrected chi connectivity index (χ3v) is 16.7. The van der Waals surface area contributed by atoms with E-state index in [1.807, 2.05) is 50.6 Å². The number of carbonyl (C=O) groups excluding carboxylic acids is 6. The highest BCUT2D eigenvalue weighted by Crippen LogP contribution is 2.38. The maximum atomic E-state index is 14.6. The molecule has 0 aromatic heterocycles. The van der Waals surface area contributed by atoms with Gasteiger partial charge in [-0.05, 0) is 114 Å². The van der Waals surface area contributed by atoms with Gasteiger partial charge in [-0.3, -0.25) is 19.2 Å². The van der Waals surface area contributed by atoms with Crippen LogP contribution in [0.25, 0.3) is 0 Å². The summed E-state index contributed by atoms with van der Waals surface area (Å²) in [5.41, 5.74) is 1.25. The Hall–Kier alpha value is -4.15. The lowest BCUT2D eigenvalue weighted by Crippen LogP contribution is -2.61. The number of aliphatic hydroxyl groups is 2. The number of methoxy groups -OCH3 is 3. The Bertz CT molecular complexity index is 2160. The van der Waals surface area contributed by atoms with Crippen molar-refractivity contribution in [2.24, 2.45) is 35.5 Å². The lowest BCUT2D eigenvalue weighted by atomic mass is 9.78. The molecule has 0 aromatic carbocycles. The second kappa shape index (κ2) is 30.1. The number of Topliss-reactive ketones (excluding diaryl/α,β-unsaturated/α-hetero) is 3. The van der Waals surface area contributed by atoms with E-state index in [-0.39, 0.29) is 48.9 Å². The standard InChI is InChI=1S/C55H89N3O16S/c1-15-17-20-34(4)45(69-12)31-41-24-22-39(9)55(66,74-41)51(62)52(63)58-26-19-18-21-42(58)53(64)72-46(32-43(59)35(5)28-38(8)49(61)50(71-14)48(60)37(7)27-33(3)16-2)36(6)29-40-23-25-44(47(30-40)70-13)73-54(65)56-75(67,68)57(10)11/h15-17,20,28,33,35-37,39-42,44-47,49-50,61,66H,2,18-19,21-27,29-32H2,1,3-14H3,(H,56,65)/b17-15+,34-20+,38-28+/t33-,35-,36-,37-,39-,40+,41+,42+,44-,45+,46+,47-,49-,50+,55-/m1/s1. The molecule has 2 amide bonds. The van der Waals surface area contributed by atoms with Gasteiger partial charge in [-0.2, -0.15) is 12.7 Å². The number of ether oxygens (including phenoxy) is 6. The van der Waals surface area contributed by atoms with Crippen LogP contribution < -0.4 is 4.72 Å². The van der Waals surface area contributed by atoms with E-state index in [0.29, 0.717) is 69.8 Å². The van der Waals surface area contributed by atoms with Crippen LogP contribution in [0.4, 0.5) is 4.79 Å². The number of amides is 2. The minimum absolute atomic E-state index is 0.0291. The number of hydrogen-bond acceptors (Lipinski definition) is 16. The van der Waals surface area contributed by atoms with E-state index < -0.39 is 106 Å². The highest BCUT2D eigenvalue weighted by atomic mass is 32.2. The van der Waals surface area contributed by atoms with Crippen LogP contribution in [0.15, 0.2) is 48.1 Å². The van der Waals surface area contributed by atoms with Crippen molar-refractivity contribution in [1.29, 1.82) is 0 Å². The molecule has 1 saturated carbocycles. The van der Waals surface area contributed by atoms with E-state index in [1.165, 1.54) is 28.3 Å². The van der Waals surface area contributed by atoms with Crippen LogP contribution in [0.2, 0.25) is 0 Å². The average Bonchev–Trinajstić information content (AvgIpc) is 3.37. The minimum atomic E-state index is -4.11. The molecular formula is C55H89N3O16S. The quantitative estimate of drug-likeness (QED) is 0.0334. The Balaban J connectivity index is 1.91. The number of esters is 1. The van der Waals surface area contributed by atoms with Gasteiger partial charge < -0.3 is 43.5 Å². The molecule has 75 heavy (non-hydrogen) atoms. The summed E-state index contributed by atoms with van der Waals surface area (Å²) >= 11 is 0. The van der Waals surface area contributed by atoms with Crippen molar-refractivity contribution in [3.8, 4) is 0 Å². The highest BCUT2D eigenvalue weighted by molar-refractivity contribution is 7.87. The minimum Gasteiger partial charge on any atom is -0.460 e. The molecule has 19 nitrogen and oxygen atoms in total. The van der Waals surface area contributed by atoms with Gasteiger partial charge in [0.2, 0.25) is 5.79 Å². The van der Waals surface area contributed by atoms with Crippen LogP contribution in [-0.4, -0.2) is 160 Å². The second-order valence-electron chi connectivity index (χ2n) is 21.3. The molecule has 1 aliphatic carbocycles. The first-order chi connectivity index (χ1) is 35.2. The number of nitrogens with one attached hydrogen (secondary N) is 1. The molecule has 3 N–H and O–H groups in total. The van der Waals surface area contributed by atoms with Gasteiger partial charge in [-0.25, -0.2) is 14.3 Å². The van der Waals surface area contributed by atoms with Gasteiger partial charge in [-0.15, -0.1) is 6.58 Å². The van der Waals surface area contributed by atoms with Gasteiger partial charge in [0.05, 0.1) is 18.3 Å². The molecule has 0 spiro atoms. The molecule has 3 rings (SSSR count). The van der Waals surface area contributed by atoms with Crippen molar-refractivity contribution >= 4 is 45.5 Å². The Kier molecular flexibility index (Phi) is 26.2.